The van der Waals surface area contributed by atoms with Crippen molar-refractivity contribution in [3.05, 3.63) is 124 Å². The van der Waals surface area contributed by atoms with Crippen LogP contribution in [0.1, 0.15) is 0 Å². The summed E-state index contributed by atoms with van der Waals surface area (Å²) in [6.07, 6.45) is 0. The Morgan fingerprint density at radius 2 is 0.548 bits per heavy atom. The first-order valence-electron chi connectivity index (χ1n) is 12.8. The third-order valence-electron chi connectivity index (χ3n) is 7.00. The average molecular weight is 874 g/mol. The Morgan fingerprint density at radius 1 is 0.310 bits per heavy atom. The minimum absolute atomic E-state index is 1.04. The maximum absolute atomic E-state index is 3.96. The fourth-order valence-corrected chi connectivity index (χ4v) is 10.3. The molecule has 7 aromatic rings. The van der Waals surface area contributed by atoms with Gasteiger partial charge in [-0.25, -0.2) is 0 Å². The summed E-state index contributed by atoms with van der Waals surface area (Å²) in [5, 5.41) is 8.55. The van der Waals surface area contributed by atoms with Crippen LogP contribution in [-0.2, 0) is 0 Å². The average Bonchev–Trinajstić information content (AvgIpc) is 3.82. The van der Waals surface area contributed by atoms with Crippen molar-refractivity contribution < 1.29 is 0 Å². The van der Waals surface area contributed by atoms with Gasteiger partial charge in [-0.2, -0.15) is 0 Å². The van der Waals surface area contributed by atoms with Crippen molar-refractivity contribution in [1.82, 2.24) is 0 Å². The molecule has 0 fully saturated rings. The highest BCUT2D eigenvalue weighted by molar-refractivity contribution is 9.11. The van der Waals surface area contributed by atoms with Crippen molar-refractivity contribution >= 4 is 109 Å². The summed E-state index contributed by atoms with van der Waals surface area (Å²) in [7, 11) is 0. The van der Waals surface area contributed by atoms with Gasteiger partial charge in [-0.3, -0.25) is 0 Å². The quantitative estimate of drug-likeness (QED) is 0.156. The van der Waals surface area contributed by atoms with E-state index in [0.29, 0.717) is 0 Å². The van der Waals surface area contributed by atoms with E-state index in [9.17, 15) is 0 Å². The van der Waals surface area contributed by atoms with E-state index in [-0.39, 0.29) is 0 Å². The maximum atomic E-state index is 3.96. The third kappa shape index (κ3) is 5.54. The van der Waals surface area contributed by atoms with E-state index in [1.54, 1.807) is 45.3 Å². The number of hydrogen-bond acceptors (Lipinski definition) is 4. The number of thiophene rings is 4. The lowest BCUT2D eigenvalue weighted by Gasteiger charge is -2.17. The maximum Gasteiger partial charge on any atom is 0.0349 e. The van der Waals surface area contributed by atoms with E-state index >= 15 is 0 Å². The smallest absolute Gasteiger partial charge is 0.0349 e. The molecule has 0 atom stereocenters. The van der Waals surface area contributed by atoms with E-state index in [2.05, 4.69) is 170 Å². The van der Waals surface area contributed by atoms with Crippen LogP contribution in [0.25, 0.3) is 64.0 Å². The zero-order chi connectivity index (χ0) is 28.8. The standard InChI is InChI=1S/C34H18Br4S4/c35-27-16-22(20-14-24(32-6-2-10-40-32)26(18-30(20)38)34-8-4-12-42-34)28(36)15-21(27)19-13-23(31-5-1-9-39-31)25(17-29(19)37)33-7-3-11-41-33/h1-18H. The Morgan fingerprint density at radius 3 is 0.810 bits per heavy atom. The van der Waals surface area contributed by atoms with Crippen LogP contribution < -0.4 is 0 Å². The molecule has 7 rings (SSSR count). The SMILES string of the molecule is Brc1cc(-c2cc(-c3cccs3)c(-c3cccs3)cc2Br)c(Br)cc1-c1cc(-c2cccs2)c(-c2cccs2)cc1Br. The summed E-state index contributed by atoms with van der Waals surface area (Å²) in [6, 6.07) is 30.9. The number of rotatable bonds is 6. The van der Waals surface area contributed by atoms with Crippen molar-refractivity contribution in [1.29, 1.82) is 0 Å². The second kappa shape index (κ2) is 12.4. The van der Waals surface area contributed by atoms with E-state index in [0.717, 1.165) is 40.1 Å². The Kier molecular flexibility index (Phi) is 8.60. The molecule has 0 spiro atoms. The Bertz CT molecular complexity index is 1860. The lowest BCUT2D eigenvalue weighted by Crippen LogP contribution is -1.91. The Labute approximate surface area is 294 Å². The zero-order valence-corrected chi connectivity index (χ0v) is 31.1. The lowest BCUT2D eigenvalue weighted by atomic mass is 9.94. The first-order valence-corrected chi connectivity index (χ1v) is 19.5. The van der Waals surface area contributed by atoms with Gasteiger partial charge in [0.1, 0.15) is 0 Å². The van der Waals surface area contributed by atoms with Crippen molar-refractivity contribution in [2.45, 2.75) is 0 Å². The molecule has 0 unspecified atom stereocenters. The van der Waals surface area contributed by atoms with Gasteiger partial charge in [0.05, 0.1) is 0 Å². The Hall–Kier alpha value is -1.62. The highest BCUT2D eigenvalue weighted by atomic mass is 79.9. The molecule has 0 saturated carbocycles. The van der Waals surface area contributed by atoms with E-state index in [1.807, 2.05) is 0 Å². The molecule has 4 aromatic heterocycles. The minimum atomic E-state index is 1.04. The number of halogens is 4. The van der Waals surface area contributed by atoms with E-state index in [1.165, 1.54) is 41.8 Å². The molecular weight excluding hydrogens is 856 g/mol. The molecule has 0 radical (unpaired) electrons. The predicted octanol–water partition coefficient (Wildman–Crippen LogP) is 15.0. The molecule has 0 aliphatic carbocycles. The number of benzene rings is 3. The van der Waals surface area contributed by atoms with Gasteiger partial charge in [-0.1, -0.05) is 88.0 Å². The molecule has 4 heterocycles. The van der Waals surface area contributed by atoms with E-state index in [4.69, 9.17) is 0 Å². The van der Waals surface area contributed by atoms with Crippen LogP contribution >= 0.6 is 109 Å². The summed E-state index contributed by atoms with van der Waals surface area (Å²) < 4.78 is 4.20. The van der Waals surface area contributed by atoms with Gasteiger partial charge in [0.25, 0.3) is 0 Å². The molecule has 206 valence electrons. The summed E-state index contributed by atoms with van der Waals surface area (Å²) in [4.78, 5) is 5.04. The predicted molar refractivity (Wildman–Crippen MR) is 201 cm³/mol. The highest BCUT2D eigenvalue weighted by Gasteiger charge is 2.20. The first-order chi connectivity index (χ1) is 20.5. The normalized spacial score (nSPS) is 11.3. The fraction of sp³-hybridized carbons (Fsp3) is 0. The molecule has 8 heteroatoms. The molecule has 0 N–H and O–H groups in total. The van der Waals surface area contributed by atoms with Crippen LogP contribution in [0.5, 0.6) is 0 Å². The van der Waals surface area contributed by atoms with Gasteiger partial charge < -0.3 is 0 Å². The third-order valence-corrected chi connectivity index (χ3v) is 13.2. The molecule has 0 nitrogen and oxygen atoms in total. The molecule has 0 bridgehead atoms. The van der Waals surface area contributed by atoms with Crippen molar-refractivity contribution in [2.75, 3.05) is 0 Å². The number of hydrogen-bond donors (Lipinski definition) is 0. The molecule has 42 heavy (non-hydrogen) atoms. The van der Waals surface area contributed by atoms with Gasteiger partial charge in [0.15, 0.2) is 0 Å². The molecule has 0 amide bonds. The van der Waals surface area contributed by atoms with Crippen LogP contribution in [0.2, 0.25) is 0 Å². The van der Waals surface area contributed by atoms with Crippen LogP contribution in [0.3, 0.4) is 0 Å². The van der Waals surface area contributed by atoms with Crippen molar-refractivity contribution in [2.24, 2.45) is 0 Å². The molecule has 0 aliphatic rings. The van der Waals surface area contributed by atoms with Crippen LogP contribution in [-0.4, -0.2) is 0 Å². The minimum Gasteiger partial charge on any atom is -0.144 e. The summed E-state index contributed by atoms with van der Waals surface area (Å²) >= 11 is 22.8. The van der Waals surface area contributed by atoms with Crippen LogP contribution in [0, 0.1) is 0 Å². The highest BCUT2D eigenvalue weighted by Crippen LogP contribution is 2.48. The second-order valence-corrected chi connectivity index (χ2v) is 16.7. The Balaban J connectivity index is 1.37. The van der Waals surface area contributed by atoms with Gasteiger partial charge in [0.2, 0.25) is 0 Å². The molecule has 3 aromatic carbocycles. The lowest BCUT2D eigenvalue weighted by molar-refractivity contribution is 1.51. The van der Waals surface area contributed by atoms with E-state index < -0.39 is 0 Å². The van der Waals surface area contributed by atoms with Crippen molar-refractivity contribution in [3.8, 4) is 64.0 Å². The summed E-state index contributed by atoms with van der Waals surface area (Å²) in [5.74, 6) is 0. The van der Waals surface area contributed by atoms with Gasteiger partial charge in [-0.05, 0) is 104 Å². The molecular formula is C34H18Br4S4. The largest absolute Gasteiger partial charge is 0.144 e. The monoisotopic (exact) mass is 870 g/mol. The fourth-order valence-electron chi connectivity index (χ4n) is 5.06. The zero-order valence-electron chi connectivity index (χ0n) is 21.5. The molecule has 0 saturated heterocycles. The topological polar surface area (TPSA) is 0 Å². The van der Waals surface area contributed by atoms with Gasteiger partial charge >= 0.3 is 0 Å². The first kappa shape index (κ1) is 29.1. The second-order valence-electron chi connectivity index (χ2n) is 9.48. The van der Waals surface area contributed by atoms with Crippen LogP contribution in [0.15, 0.2) is 124 Å². The van der Waals surface area contributed by atoms with Crippen LogP contribution in [0.4, 0.5) is 0 Å². The van der Waals surface area contributed by atoms with Crippen molar-refractivity contribution in [3.63, 3.8) is 0 Å². The summed E-state index contributed by atoms with van der Waals surface area (Å²) in [5.41, 5.74) is 9.50. The van der Waals surface area contributed by atoms with Gasteiger partial charge in [0, 0.05) is 59.7 Å². The molecule has 0 aliphatic heterocycles. The van der Waals surface area contributed by atoms with Gasteiger partial charge in [-0.15, -0.1) is 45.3 Å². The summed E-state index contributed by atoms with van der Waals surface area (Å²) in [6.45, 7) is 0.